The Balaban J connectivity index is 0.000000514. The lowest BCUT2D eigenvalue weighted by Crippen LogP contribution is -2.14. The first-order chi connectivity index (χ1) is 15.5. The average Bonchev–Trinajstić information content (AvgIpc) is 2.78. The molecule has 2 aromatic carbocycles. The zero-order valence-corrected chi connectivity index (χ0v) is 22.4. The number of aryl methyl sites for hydroxylation is 2. The molecule has 2 atom stereocenters. The number of hydrogen-bond donors (Lipinski definition) is 2. The number of anilines is 1. The van der Waals surface area contributed by atoms with Crippen LogP contribution in [0.15, 0.2) is 36.4 Å². The Morgan fingerprint density at radius 3 is 1.79 bits per heavy atom. The van der Waals surface area contributed by atoms with Gasteiger partial charge in [0.15, 0.2) is 11.4 Å². The summed E-state index contributed by atoms with van der Waals surface area (Å²) in [5, 5.41) is 9.38. The number of hydrogen-bond acceptors (Lipinski definition) is 3. The number of ketones is 1. The quantitative estimate of drug-likeness (QED) is 0.221. The number of carboxylic acids is 1. The van der Waals surface area contributed by atoms with Crippen LogP contribution in [-0.4, -0.2) is 27.5 Å². The SMILES string of the molecule is CC(CBr)C(=O)O.[C-]#[N+]c1ccc(CC(=O)C(C)CBr)cc1C.[C-]#[N+]c1ccc(N)cc1C. The number of halogens is 2. The van der Waals surface area contributed by atoms with Gasteiger partial charge in [0.1, 0.15) is 5.78 Å². The molecule has 0 aliphatic rings. The zero-order chi connectivity index (χ0) is 25.6. The van der Waals surface area contributed by atoms with E-state index in [4.69, 9.17) is 24.0 Å². The second-order valence-electron chi connectivity index (χ2n) is 7.48. The van der Waals surface area contributed by atoms with Gasteiger partial charge in [0, 0.05) is 28.7 Å². The van der Waals surface area contributed by atoms with Gasteiger partial charge in [-0.05, 0) is 42.7 Å². The summed E-state index contributed by atoms with van der Waals surface area (Å²) in [5.74, 6) is -0.746. The standard InChI is InChI=1S/C13H14BrNO.C8H8N2.C4H7BrO2/c1-9-6-11(4-5-12(9)15-3)7-13(16)10(2)8-14;1-6-5-7(9)3-4-8(6)10-2;1-3(2-5)4(6)7/h4-6,10H,7-8H2,1-2H3;3-5H,9H2,1H3;3H,2H2,1H3,(H,6,7). The van der Waals surface area contributed by atoms with Crippen molar-refractivity contribution >= 4 is 60.7 Å². The topological polar surface area (TPSA) is 89.1 Å². The van der Waals surface area contributed by atoms with E-state index in [-0.39, 0.29) is 17.6 Å². The number of aliphatic carboxylic acids is 1. The molecule has 33 heavy (non-hydrogen) atoms. The van der Waals surface area contributed by atoms with Crippen molar-refractivity contribution in [2.24, 2.45) is 11.8 Å². The highest BCUT2D eigenvalue weighted by atomic mass is 79.9. The number of alkyl halides is 2. The fourth-order valence-electron chi connectivity index (χ4n) is 2.28. The first-order valence-electron chi connectivity index (χ1n) is 10.1. The van der Waals surface area contributed by atoms with Crippen molar-refractivity contribution in [3.8, 4) is 0 Å². The second kappa shape index (κ2) is 16.0. The third-order valence-corrected chi connectivity index (χ3v) is 6.48. The van der Waals surface area contributed by atoms with E-state index < -0.39 is 5.97 Å². The monoisotopic (exact) mass is 577 g/mol. The van der Waals surface area contributed by atoms with Gasteiger partial charge in [0.05, 0.1) is 19.1 Å². The van der Waals surface area contributed by atoms with Gasteiger partial charge in [-0.15, -0.1) is 0 Å². The van der Waals surface area contributed by atoms with E-state index >= 15 is 0 Å². The molecule has 2 unspecified atom stereocenters. The maximum Gasteiger partial charge on any atom is 0.307 e. The number of carboxylic acid groups (broad SMARTS) is 1. The Morgan fingerprint density at radius 1 is 0.939 bits per heavy atom. The molecule has 6 nitrogen and oxygen atoms in total. The molecule has 176 valence electrons. The smallest absolute Gasteiger partial charge is 0.307 e. The summed E-state index contributed by atoms with van der Waals surface area (Å²) in [5.41, 5.74) is 10.4. The van der Waals surface area contributed by atoms with E-state index in [1.165, 1.54) is 0 Å². The fourth-order valence-corrected chi connectivity index (χ4v) is 2.92. The Morgan fingerprint density at radius 2 is 1.42 bits per heavy atom. The van der Waals surface area contributed by atoms with Gasteiger partial charge in [0.2, 0.25) is 0 Å². The molecule has 8 heteroatoms. The molecule has 0 aromatic heterocycles. The van der Waals surface area contributed by atoms with Crippen molar-refractivity contribution < 1.29 is 14.7 Å². The van der Waals surface area contributed by atoms with E-state index in [1.807, 2.05) is 32.9 Å². The van der Waals surface area contributed by atoms with Gasteiger partial charge in [-0.25, -0.2) is 9.69 Å². The molecule has 0 aliphatic carbocycles. The summed E-state index contributed by atoms with van der Waals surface area (Å²) in [6, 6.07) is 10.8. The maximum atomic E-state index is 11.7. The molecule has 2 aromatic rings. The molecule has 0 saturated heterocycles. The predicted molar refractivity (Wildman–Crippen MR) is 142 cm³/mol. The molecule has 0 bridgehead atoms. The average molecular weight is 579 g/mol. The maximum absolute atomic E-state index is 11.7. The van der Waals surface area contributed by atoms with Crippen molar-refractivity contribution in [3.63, 3.8) is 0 Å². The van der Waals surface area contributed by atoms with E-state index in [0.717, 1.165) is 16.7 Å². The van der Waals surface area contributed by atoms with Crippen LogP contribution >= 0.6 is 31.9 Å². The summed E-state index contributed by atoms with van der Waals surface area (Å²) in [7, 11) is 0. The van der Waals surface area contributed by atoms with Crippen LogP contribution < -0.4 is 5.73 Å². The summed E-state index contributed by atoms with van der Waals surface area (Å²) < 4.78 is 0. The van der Waals surface area contributed by atoms with E-state index in [0.29, 0.717) is 34.1 Å². The third kappa shape index (κ3) is 11.7. The molecule has 0 radical (unpaired) electrons. The third-order valence-electron chi connectivity index (χ3n) is 4.54. The van der Waals surface area contributed by atoms with Crippen LogP contribution in [0, 0.1) is 38.8 Å². The summed E-state index contributed by atoms with van der Waals surface area (Å²) in [6.07, 6.45) is 0.450. The molecule has 0 spiro atoms. The number of benzene rings is 2. The largest absolute Gasteiger partial charge is 0.481 e. The zero-order valence-electron chi connectivity index (χ0n) is 19.2. The Bertz CT molecular complexity index is 1030. The highest BCUT2D eigenvalue weighted by Crippen LogP contribution is 2.21. The minimum absolute atomic E-state index is 0.0424. The lowest BCUT2D eigenvalue weighted by atomic mass is 9.99. The predicted octanol–water partition coefficient (Wildman–Crippen LogP) is 6.92. The highest BCUT2D eigenvalue weighted by Gasteiger charge is 2.12. The van der Waals surface area contributed by atoms with Crippen LogP contribution in [0.25, 0.3) is 9.69 Å². The molecule has 2 rings (SSSR count). The second-order valence-corrected chi connectivity index (χ2v) is 8.78. The number of nitrogens with zero attached hydrogens (tertiary/aromatic N) is 2. The molecular weight excluding hydrogens is 550 g/mol. The Labute approximate surface area is 213 Å². The number of carbonyl (C=O) groups is 2. The molecule has 0 saturated carbocycles. The molecule has 3 N–H and O–H groups in total. The van der Waals surface area contributed by atoms with Crippen molar-refractivity contribution in [3.05, 3.63) is 75.9 Å². The van der Waals surface area contributed by atoms with Crippen LogP contribution in [0.4, 0.5) is 17.1 Å². The van der Waals surface area contributed by atoms with Gasteiger partial charge >= 0.3 is 5.97 Å². The first kappa shape index (κ1) is 30.3. The molecule has 0 heterocycles. The first-order valence-corrected chi connectivity index (χ1v) is 12.3. The van der Waals surface area contributed by atoms with Crippen LogP contribution in [0.5, 0.6) is 0 Å². The minimum atomic E-state index is -0.753. The Kier molecular flexibility index (Phi) is 14.7. The lowest BCUT2D eigenvalue weighted by molar-refractivity contribution is -0.140. The Hall–Kier alpha value is -2.68. The molecule has 0 aliphatic heterocycles. The number of rotatable bonds is 6. The summed E-state index contributed by atoms with van der Waals surface area (Å²) >= 11 is 6.34. The molecule has 0 fully saturated rings. The van der Waals surface area contributed by atoms with Crippen LogP contribution in [0.2, 0.25) is 0 Å². The van der Waals surface area contributed by atoms with E-state index in [1.54, 1.807) is 31.2 Å². The van der Waals surface area contributed by atoms with E-state index in [9.17, 15) is 9.59 Å². The fraction of sp³-hybridized carbons (Fsp3) is 0.360. The number of carbonyl (C=O) groups excluding carboxylic acids is 1. The van der Waals surface area contributed by atoms with Crippen molar-refractivity contribution in [1.82, 2.24) is 0 Å². The van der Waals surface area contributed by atoms with Gasteiger partial charge in [-0.1, -0.05) is 70.0 Å². The van der Waals surface area contributed by atoms with Gasteiger partial charge in [0.25, 0.3) is 0 Å². The van der Waals surface area contributed by atoms with Gasteiger partial charge in [-0.3, -0.25) is 9.59 Å². The lowest BCUT2D eigenvalue weighted by Gasteiger charge is -2.07. The normalized spacial score (nSPS) is 11.3. The van der Waals surface area contributed by atoms with Crippen LogP contribution in [-0.2, 0) is 16.0 Å². The minimum Gasteiger partial charge on any atom is -0.481 e. The summed E-state index contributed by atoms with van der Waals surface area (Å²) in [4.78, 5) is 28.3. The van der Waals surface area contributed by atoms with Gasteiger partial charge < -0.3 is 10.8 Å². The molecular formula is C25H29Br2N3O3. The van der Waals surface area contributed by atoms with Crippen molar-refractivity contribution in [1.29, 1.82) is 0 Å². The number of Topliss-reactive ketones (excluding diaryl/α,β-unsaturated/α-hetero) is 1. The molecule has 0 amide bonds. The summed E-state index contributed by atoms with van der Waals surface area (Å²) in [6.45, 7) is 21.0. The van der Waals surface area contributed by atoms with Crippen molar-refractivity contribution in [2.45, 2.75) is 34.1 Å². The van der Waals surface area contributed by atoms with Crippen LogP contribution in [0.1, 0.15) is 30.5 Å². The van der Waals surface area contributed by atoms with Gasteiger partial charge in [-0.2, -0.15) is 0 Å². The van der Waals surface area contributed by atoms with Crippen molar-refractivity contribution in [2.75, 3.05) is 16.4 Å². The number of nitrogens with two attached hydrogens (primary N) is 1. The number of nitrogen functional groups attached to an aromatic ring is 1. The highest BCUT2D eigenvalue weighted by molar-refractivity contribution is 9.09. The van der Waals surface area contributed by atoms with E-state index in [2.05, 4.69) is 41.5 Å². The van der Waals surface area contributed by atoms with Crippen LogP contribution in [0.3, 0.4) is 0 Å².